The predicted molar refractivity (Wildman–Crippen MR) is 70.6 cm³/mol. The van der Waals surface area contributed by atoms with Crippen molar-refractivity contribution in [1.82, 2.24) is 0 Å². The standard InChI is InChI=1S/C13H11NO4S/c14-12(15)9-3-1-2-4-10(9)18-7-8-5-6-19-11(8)13(16)17/h1-6H,7H2,(H2,14,15)(H,16,17). The minimum Gasteiger partial charge on any atom is -0.488 e. The lowest BCUT2D eigenvalue weighted by Gasteiger charge is -2.09. The summed E-state index contributed by atoms with van der Waals surface area (Å²) in [7, 11) is 0. The number of carboxylic acid groups (broad SMARTS) is 1. The second-order valence-corrected chi connectivity index (χ2v) is 4.65. The average Bonchev–Trinajstić information content (AvgIpc) is 2.85. The molecule has 6 heteroatoms. The third-order valence-corrected chi connectivity index (χ3v) is 3.42. The number of carbonyl (C=O) groups excluding carboxylic acids is 1. The van der Waals surface area contributed by atoms with E-state index in [4.69, 9.17) is 15.6 Å². The number of para-hydroxylation sites is 1. The number of amides is 1. The van der Waals surface area contributed by atoms with E-state index in [1.165, 1.54) is 0 Å². The molecule has 5 nitrogen and oxygen atoms in total. The molecule has 2 rings (SSSR count). The number of rotatable bonds is 5. The highest BCUT2D eigenvalue weighted by Crippen LogP contribution is 2.22. The highest BCUT2D eigenvalue weighted by molar-refractivity contribution is 7.12. The van der Waals surface area contributed by atoms with Gasteiger partial charge in [0.05, 0.1) is 5.56 Å². The predicted octanol–water partition coefficient (Wildman–Crippen LogP) is 2.12. The van der Waals surface area contributed by atoms with Crippen LogP contribution in [0, 0.1) is 0 Å². The van der Waals surface area contributed by atoms with Gasteiger partial charge in [0.1, 0.15) is 17.2 Å². The summed E-state index contributed by atoms with van der Waals surface area (Å²) in [4.78, 5) is 22.4. The first-order chi connectivity index (χ1) is 9.09. The number of primary amides is 1. The summed E-state index contributed by atoms with van der Waals surface area (Å²) < 4.78 is 5.48. The molecule has 0 atom stereocenters. The topological polar surface area (TPSA) is 89.6 Å². The van der Waals surface area contributed by atoms with E-state index in [1.807, 2.05) is 0 Å². The zero-order valence-corrected chi connectivity index (χ0v) is 10.6. The molecule has 2 aromatic rings. The monoisotopic (exact) mass is 277 g/mol. The third kappa shape index (κ3) is 2.92. The second-order valence-electron chi connectivity index (χ2n) is 3.73. The van der Waals surface area contributed by atoms with Crippen molar-refractivity contribution in [2.24, 2.45) is 5.73 Å². The van der Waals surface area contributed by atoms with Gasteiger partial charge in [0.15, 0.2) is 0 Å². The van der Waals surface area contributed by atoms with Crippen molar-refractivity contribution >= 4 is 23.2 Å². The first-order valence-electron chi connectivity index (χ1n) is 5.41. The van der Waals surface area contributed by atoms with Crippen LogP contribution in [0.1, 0.15) is 25.6 Å². The van der Waals surface area contributed by atoms with Gasteiger partial charge in [-0.3, -0.25) is 4.79 Å². The third-order valence-electron chi connectivity index (χ3n) is 2.48. The van der Waals surface area contributed by atoms with Gasteiger partial charge in [-0.15, -0.1) is 11.3 Å². The van der Waals surface area contributed by atoms with Gasteiger partial charge in [-0.1, -0.05) is 12.1 Å². The Morgan fingerprint density at radius 1 is 1.26 bits per heavy atom. The lowest BCUT2D eigenvalue weighted by molar-refractivity contribution is 0.0699. The fraction of sp³-hybridized carbons (Fsp3) is 0.0769. The highest BCUT2D eigenvalue weighted by Gasteiger charge is 2.13. The van der Waals surface area contributed by atoms with Crippen LogP contribution in [0.5, 0.6) is 5.75 Å². The number of ether oxygens (including phenoxy) is 1. The maximum atomic E-state index is 11.2. The van der Waals surface area contributed by atoms with Crippen molar-refractivity contribution in [3.8, 4) is 5.75 Å². The van der Waals surface area contributed by atoms with Gasteiger partial charge in [-0.2, -0.15) is 0 Å². The zero-order chi connectivity index (χ0) is 13.8. The Kier molecular flexibility index (Phi) is 3.82. The zero-order valence-electron chi connectivity index (χ0n) is 9.83. The number of hydrogen-bond acceptors (Lipinski definition) is 4. The van der Waals surface area contributed by atoms with Crippen molar-refractivity contribution in [1.29, 1.82) is 0 Å². The molecular formula is C13H11NO4S. The molecule has 0 radical (unpaired) electrons. The fourth-order valence-corrected chi connectivity index (χ4v) is 2.34. The van der Waals surface area contributed by atoms with Crippen LogP contribution in [0.2, 0.25) is 0 Å². The molecule has 0 unspecified atom stereocenters. The normalized spacial score (nSPS) is 10.1. The van der Waals surface area contributed by atoms with Crippen molar-refractivity contribution in [3.63, 3.8) is 0 Å². The Balaban J connectivity index is 2.17. The van der Waals surface area contributed by atoms with Gasteiger partial charge in [-0.05, 0) is 23.6 Å². The minimum atomic E-state index is -0.989. The number of carboxylic acids is 1. The molecule has 0 aliphatic carbocycles. The molecule has 1 heterocycles. The van der Waals surface area contributed by atoms with Gasteiger partial charge in [0.2, 0.25) is 0 Å². The van der Waals surface area contributed by atoms with Crippen molar-refractivity contribution in [2.75, 3.05) is 0 Å². The molecule has 0 fully saturated rings. The van der Waals surface area contributed by atoms with Crippen LogP contribution in [-0.4, -0.2) is 17.0 Å². The maximum Gasteiger partial charge on any atom is 0.346 e. The first kappa shape index (κ1) is 13.1. The van der Waals surface area contributed by atoms with Crippen LogP contribution in [0.15, 0.2) is 35.7 Å². The summed E-state index contributed by atoms with van der Waals surface area (Å²) in [5.41, 5.74) is 6.07. The van der Waals surface area contributed by atoms with E-state index in [9.17, 15) is 9.59 Å². The van der Waals surface area contributed by atoms with Gasteiger partial charge < -0.3 is 15.6 Å². The number of benzene rings is 1. The molecule has 0 spiro atoms. The van der Waals surface area contributed by atoms with Crippen LogP contribution < -0.4 is 10.5 Å². The smallest absolute Gasteiger partial charge is 0.346 e. The number of nitrogens with two attached hydrogens (primary N) is 1. The quantitative estimate of drug-likeness (QED) is 0.876. The summed E-state index contributed by atoms with van der Waals surface area (Å²) in [5, 5.41) is 10.7. The summed E-state index contributed by atoms with van der Waals surface area (Å²) in [6.07, 6.45) is 0. The molecule has 1 aromatic heterocycles. The molecular weight excluding hydrogens is 266 g/mol. The SMILES string of the molecule is NC(=O)c1ccccc1OCc1ccsc1C(=O)O. The Morgan fingerprint density at radius 2 is 2.00 bits per heavy atom. The Labute approximate surface area is 113 Å². The van der Waals surface area contributed by atoms with E-state index in [0.717, 1.165) is 11.3 Å². The lowest BCUT2D eigenvalue weighted by atomic mass is 10.2. The van der Waals surface area contributed by atoms with E-state index >= 15 is 0 Å². The number of carbonyl (C=O) groups is 2. The number of hydrogen-bond donors (Lipinski definition) is 2. The van der Waals surface area contributed by atoms with E-state index in [-0.39, 0.29) is 17.0 Å². The van der Waals surface area contributed by atoms with Gasteiger partial charge >= 0.3 is 5.97 Å². The van der Waals surface area contributed by atoms with Crippen LogP contribution in [-0.2, 0) is 6.61 Å². The van der Waals surface area contributed by atoms with E-state index in [1.54, 1.807) is 35.7 Å². The molecule has 3 N–H and O–H groups in total. The maximum absolute atomic E-state index is 11.2. The molecule has 19 heavy (non-hydrogen) atoms. The average molecular weight is 277 g/mol. The Bertz CT molecular complexity index is 621. The summed E-state index contributed by atoms with van der Waals surface area (Å²) in [6.45, 7) is 0.0788. The highest BCUT2D eigenvalue weighted by atomic mass is 32.1. The van der Waals surface area contributed by atoms with Gasteiger partial charge in [-0.25, -0.2) is 4.79 Å². The molecule has 0 saturated heterocycles. The van der Waals surface area contributed by atoms with Gasteiger partial charge in [0, 0.05) is 5.56 Å². The van der Waals surface area contributed by atoms with E-state index in [0.29, 0.717) is 11.3 Å². The van der Waals surface area contributed by atoms with Crippen molar-refractivity contribution in [3.05, 3.63) is 51.7 Å². The summed E-state index contributed by atoms with van der Waals surface area (Å²) >= 11 is 1.13. The fourth-order valence-electron chi connectivity index (χ4n) is 1.59. The molecule has 0 saturated carbocycles. The van der Waals surface area contributed by atoms with Crippen LogP contribution >= 0.6 is 11.3 Å². The van der Waals surface area contributed by atoms with Crippen LogP contribution in [0.4, 0.5) is 0 Å². The first-order valence-corrected chi connectivity index (χ1v) is 6.29. The van der Waals surface area contributed by atoms with Crippen LogP contribution in [0.3, 0.4) is 0 Å². The van der Waals surface area contributed by atoms with E-state index in [2.05, 4.69) is 0 Å². The minimum absolute atomic E-state index is 0.0788. The molecule has 0 bridgehead atoms. The molecule has 0 aliphatic rings. The lowest BCUT2D eigenvalue weighted by Crippen LogP contribution is -2.13. The summed E-state index contributed by atoms with van der Waals surface area (Å²) in [6, 6.07) is 8.25. The molecule has 1 aromatic carbocycles. The van der Waals surface area contributed by atoms with Crippen molar-refractivity contribution < 1.29 is 19.4 Å². The summed E-state index contributed by atoms with van der Waals surface area (Å²) in [5.74, 6) is -1.23. The van der Waals surface area contributed by atoms with E-state index < -0.39 is 11.9 Å². The van der Waals surface area contributed by atoms with Gasteiger partial charge in [0.25, 0.3) is 5.91 Å². The van der Waals surface area contributed by atoms with Crippen molar-refractivity contribution in [2.45, 2.75) is 6.61 Å². The number of aromatic carboxylic acids is 1. The molecule has 0 aliphatic heterocycles. The molecule has 98 valence electrons. The Morgan fingerprint density at radius 3 is 2.68 bits per heavy atom. The largest absolute Gasteiger partial charge is 0.488 e. The second kappa shape index (κ2) is 5.53. The number of thiophene rings is 1. The Hall–Kier alpha value is -2.34. The molecule has 1 amide bonds. The van der Waals surface area contributed by atoms with Crippen LogP contribution in [0.25, 0.3) is 0 Å².